The molecule has 0 bridgehead atoms. The minimum Gasteiger partial charge on any atom is -0.0745 e. The summed E-state index contributed by atoms with van der Waals surface area (Å²) in [6.45, 7) is 13.1. The average molecular weight is 199 g/mol. The lowest BCUT2D eigenvalue weighted by molar-refractivity contribution is -0.799. The summed E-state index contributed by atoms with van der Waals surface area (Å²) in [7, 11) is 0. The SMILES string of the molecule is CC(C)(C)c1c[n+](C(C)(C)C)ns1. The third kappa shape index (κ3) is 2.50. The molecule has 0 aliphatic heterocycles. The molecule has 1 aromatic rings. The Morgan fingerprint density at radius 1 is 1.15 bits per heavy atom. The predicted molar refractivity (Wildman–Crippen MR) is 56.0 cm³/mol. The molecule has 0 radical (unpaired) electrons. The lowest BCUT2D eigenvalue weighted by atomic mass is 9.95. The van der Waals surface area contributed by atoms with E-state index in [0.29, 0.717) is 0 Å². The van der Waals surface area contributed by atoms with Crippen molar-refractivity contribution in [2.45, 2.75) is 52.5 Å². The van der Waals surface area contributed by atoms with Gasteiger partial charge >= 0.3 is 0 Å². The maximum Gasteiger partial charge on any atom is 0.213 e. The van der Waals surface area contributed by atoms with Gasteiger partial charge in [0, 0.05) is 37.7 Å². The van der Waals surface area contributed by atoms with Gasteiger partial charge in [-0.05, 0) is 0 Å². The molecule has 0 unspecified atom stereocenters. The summed E-state index contributed by atoms with van der Waals surface area (Å²) in [5, 5.41) is 0. The van der Waals surface area contributed by atoms with Gasteiger partial charge in [-0.1, -0.05) is 25.5 Å². The van der Waals surface area contributed by atoms with Crippen molar-refractivity contribution in [2.24, 2.45) is 0 Å². The van der Waals surface area contributed by atoms with Crippen LogP contribution in [0.4, 0.5) is 0 Å². The van der Waals surface area contributed by atoms with Crippen molar-refractivity contribution >= 4 is 11.5 Å². The van der Waals surface area contributed by atoms with Crippen LogP contribution < -0.4 is 4.68 Å². The molecule has 3 heteroatoms. The van der Waals surface area contributed by atoms with Crippen LogP contribution in [-0.2, 0) is 11.0 Å². The molecule has 1 rings (SSSR count). The maximum absolute atomic E-state index is 4.41. The second kappa shape index (κ2) is 3.05. The van der Waals surface area contributed by atoms with E-state index in [-0.39, 0.29) is 11.0 Å². The highest BCUT2D eigenvalue weighted by Gasteiger charge is 2.29. The first-order valence-electron chi connectivity index (χ1n) is 4.61. The fraction of sp³-hybridized carbons (Fsp3) is 0.800. The third-order valence-corrected chi connectivity index (χ3v) is 3.07. The Morgan fingerprint density at radius 3 is 1.92 bits per heavy atom. The highest BCUT2D eigenvalue weighted by Crippen LogP contribution is 2.23. The molecule has 0 fully saturated rings. The molecule has 2 nitrogen and oxygen atoms in total. The minimum absolute atomic E-state index is 0.0972. The number of rotatable bonds is 0. The van der Waals surface area contributed by atoms with Gasteiger partial charge in [0.05, 0.1) is 4.49 Å². The standard InChI is InChI=1S/C10H19N2S/c1-9(2,3)8-7-12(11-13-8)10(4,5)6/h7H,1-6H3/q+1. The molecule has 0 saturated carbocycles. The van der Waals surface area contributed by atoms with Gasteiger partial charge in [0.15, 0.2) is 5.54 Å². The first-order valence-corrected chi connectivity index (χ1v) is 5.38. The van der Waals surface area contributed by atoms with Gasteiger partial charge in [-0.15, -0.1) is 0 Å². The van der Waals surface area contributed by atoms with Crippen molar-refractivity contribution in [3.05, 3.63) is 11.1 Å². The number of hydrogen-bond donors (Lipinski definition) is 0. The minimum atomic E-state index is 0.0972. The lowest BCUT2D eigenvalue weighted by Crippen LogP contribution is -2.51. The molecule has 0 atom stereocenters. The Morgan fingerprint density at radius 2 is 1.69 bits per heavy atom. The lowest BCUT2D eigenvalue weighted by Gasteiger charge is -2.12. The summed E-state index contributed by atoms with van der Waals surface area (Å²) in [6.07, 6.45) is 2.16. The first-order chi connectivity index (χ1) is 5.71. The monoisotopic (exact) mass is 199 g/mol. The topological polar surface area (TPSA) is 16.8 Å². The van der Waals surface area contributed by atoms with Gasteiger partial charge in [0.2, 0.25) is 6.20 Å². The maximum atomic E-state index is 4.41. The van der Waals surface area contributed by atoms with Gasteiger partial charge in [-0.3, -0.25) is 0 Å². The Bertz CT molecular complexity index is 260. The van der Waals surface area contributed by atoms with E-state index in [0.717, 1.165) is 0 Å². The third-order valence-electron chi connectivity index (χ3n) is 1.89. The van der Waals surface area contributed by atoms with Crippen LogP contribution in [0.3, 0.4) is 0 Å². The van der Waals surface area contributed by atoms with E-state index >= 15 is 0 Å². The molecule has 0 aromatic carbocycles. The molecule has 1 heterocycles. The van der Waals surface area contributed by atoms with E-state index in [1.807, 2.05) is 4.68 Å². The van der Waals surface area contributed by atoms with Crippen molar-refractivity contribution in [1.82, 2.24) is 4.49 Å². The van der Waals surface area contributed by atoms with Gasteiger partial charge in [0.25, 0.3) is 0 Å². The van der Waals surface area contributed by atoms with Crippen molar-refractivity contribution in [3.63, 3.8) is 0 Å². The molecule has 0 aliphatic carbocycles. The van der Waals surface area contributed by atoms with Crippen molar-refractivity contribution in [3.8, 4) is 0 Å². The molecule has 0 N–H and O–H groups in total. The normalized spacial score (nSPS) is 13.4. The molecule has 0 amide bonds. The molecule has 13 heavy (non-hydrogen) atoms. The highest BCUT2D eigenvalue weighted by molar-refractivity contribution is 7.05. The van der Waals surface area contributed by atoms with Gasteiger partial charge in [-0.25, -0.2) is 0 Å². The Hall–Kier alpha value is -0.440. The summed E-state index contributed by atoms with van der Waals surface area (Å²) in [6, 6.07) is 0. The van der Waals surface area contributed by atoms with E-state index in [9.17, 15) is 0 Å². The Kier molecular flexibility index (Phi) is 2.50. The van der Waals surface area contributed by atoms with Crippen LogP contribution in [0.1, 0.15) is 46.4 Å². The Labute approximate surface area is 84.8 Å². The van der Waals surface area contributed by atoms with E-state index in [2.05, 4.69) is 52.2 Å². The summed E-state index contributed by atoms with van der Waals surface area (Å²) < 4.78 is 6.45. The quantitative estimate of drug-likeness (QED) is 0.587. The van der Waals surface area contributed by atoms with Crippen LogP contribution >= 0.6 is 11.5 Å². The van der Waals surface area contributed by atoms with Crippen molar-refractivity contribution in [2.75, 3.05) is 0 Å². The second-order valence-electron chi connectivity index (χ2n) is 5.43. The van der Waals surface area contributed by atoms with Gasteiger partial charge in [0.1, 0.15) is 4.88 Å². The van der Waals surface area contributed by atoms with Gasteiger partial charge in [-0.2, -0.15) is 0 Å². The zero-order chi connectivity index (χ0) is 10.3. The first kappa shape index (κ1) is 10.6. The largest absolute Gasteiger partial charge is 0.213 e. The summed E-state index contributed by atoms with van der Waals surface area (Å²) >= 11 is 1.60. The number of hydrogen-bond acceptors (Lipinski definition) is 2. The predicted octanol–water partition coefficient (Wildman–Crippen LogP) is 2.48. The summed E-state index contributed by atoms with van der Waals surface area (Å²) in [5.74, 6) is 0. The number of aromatic nitrogens is 2. The van der Waals surface area contributed by atoms with Crippen LogP contribution in [-0.4, -0.2) is 4.49 Å². The van der Waals surface area contributed by atoms with E-state index < -0.39 is 0 Å². The van der Waals surface area contributed by atoms with Gasteiger partial charge < -0.3 is 0 Å². The smallest absolute Gasteiger partial charge is 0.0745 e. The van der Waals surface area contributed by atoms with Crippen molar-refractivity contribution < 1.29 is 4.68 Å². The molecule has 1 aromatic heterocycles. The summed E-state index contributed by atoms with van der Waals surface area (Å²) in [5.41, 5.74) is 0.314. The van der Waals surface area contributed by atoms with Crippen molar-refractivity contribution in [1.29, 1.82) is 0 Å². The molecular formula is C10H19N2S+. The second-order valence-corrected chi connectivity index (χ2v) is 6.22. The van der Waals surface area contributed by atoms with Crippen LogP contribution in [0.25, 0.3) is 0 Å². The molecule has 0 saturated heterocycles. The number of nitrogens with zero attached hydrogens (tertiary/aromatic N) is 2. The fourth-order valence-corrected chi connectivity index (χ4v) is 1.78. The van der Waals surface area contributed by atoms with Crippen LogP contribution in [0.5, 0.6) is 0 Å². The molecule has 0 aliphatic rings. The van der Waals surface area contributed by atoms with Crippen LogP contribution in [0, 0.1) is 0 Å². The zero-order valence-corrected chi connectivity index (χ0v) is 10.2. The summed E-state index contributed by atoms with van der Waals surface area (Å²) in [4.78, 5) is 1.34. The average Bonchev–Trinajstić information content (AvgIpc) is 2.28. The molecular weight excluding hydrogens is 180 g/mol. The molecule has 0 spiro atoms. The zero-order valence-electron chi connectivity index (χ0n) is 9.38. The fourth-order valence-electron chi connectivity index (χ4n) is 0.893. The van der Waals surface area contributed by atoms with Crippen LogP contribution in [0.2, 0.25) is 0 Å². The van der Waals surface area contributed by atoms with Crippen LogP contribution in [0.15, 0.2) is 6.20 Å². The molecule has 74 valence electrons. The van der Waals surface area contributed by atoms with E-state index in [4.69, 9.17) is 0 Å². The van der Waals surface area contributed by atoms with E-state index in [1.54, 1.807) is 11.5 Å². The Balaban J connectivity index is 3.01. The van der Waals surface area contributed by atoms with E-state index in [1.165, 1.54) is 4.88 Å². The highest BCUT2D eigenvalue weighted by atomic mass is 32.1.